The number of aryl methyl sites for hydroxylation is 1. The summed E-state index contributed by atoms with van der Waals surface area (Å²) in [5.41, 5.74) is 8.53. The fourth-order valence-electron chi connectivity index (χ4n) is 8.32. The second kappa shape index (κ2) is 8.00. The van der Waals surface area contributed by atoms with Crippen molar-refractivity contribution >= 4 is 28.5 Å². The molecule has 204 valence electrons. The number of allylic oxidation sites excluding steroid dienone is 1. The molecule has 1 aromatic heterocycles. The van der Waals surface area contributed by atoms with Gasteiger partial charge in [0.25, 0.3) is 0 Å². The van der Waals surface area contributed by atoms with E-state index < -0.39 is 5.41 Å². The van der Waals surface area contributed by atoms with E-state index in [-0.39, 0.29) is 17.7 Å². The van der Waals surface area contributed by atoms with Crippen molar-refractivity contribution in [3.05, 3.63) is 115 Å². The SMILES string of the molecule is C=C1c2ccccc2N2C=CN(C)C2C2(C)C3N(C)c4nc(-c5ccccc5C)ncc4N3c3ccccc3C12C. The summed E-state index contributed by atoms with van der Waals surface area (Å²) >= 11 is 0. The van der Waals surface area contributed by atoms with Crippen molar-refractivity contribution in [1.29, 1.82) is 0 Å². The van der Waals surface area contributed by atoms with E-state index in [1.54, 1.807) is 0 Å². The number of hydrogen-bond donors (Lipinski definition) is 0. The standard InChI is InChI=1S/C35H34N6/c1-22-13-7-8-14-24(22)30-36-21-29-31(37-30)39(6)33-35(4)32-38(5)19-20-40(32)27-17-11-9-15-25(27)23(2)34(35,3)26-16-10-12-18-28(26)41(29)33/h7-21,32-33H,2H2,1,3-6H3. The first-order valence-corrected chi connectivity index (χ1v) is 14.3. The van der Waals surface area contributed by atoms with Gasteiger partial charge in [-0.15, -0.1) is 0 Å². The number of para-hydroxylation sites is 2. The third kappa shape index (κ3) is 2.77. The molecule has 6 nitrogen and oxygen atoms in total. The van der Waals surface area contributed by atoms with Gasteiger partial charge in [-0.25, -0.2) is 9.97 Å². The maximum atomic E-state index is 5.25. The number of fused-ring (bicyclic) bond motifs is 12. The Kier molecular flexibility index (Phi) is 4.73. The summed E-state index contributed by atoms with van der Waals surface area (Å²) in [6, 6.07) is 26.0. The van der Waals surface area contributed by atoms with E-state index in [0.717, 1.165) is 28.5 Å². The smallest absolute Gasteiger partial charge is 0.161 e. The summed E-state index contributed by atoms with van der Waals surface area (Å²) < 4.78 is 0. The topological polar surface area (TPSA) is 38.7 Å². The number of rotatable bonds is 1. The molecule has 0 amide bonds. The van der Waals surface area contributed by atoms with E-state index in [1.807, 2.05) is 6.20 Å². The summed E-state index contributed by atoms with van der Waals surface area (Å²) in [7, 11) is 4.40. The molecule has 0 radical (unpaired) electrons. The average Bonchev–Trinajstić information content (AvgIpc) is 3.51. The molecule has 4 aromatic rings. The first kappa shape index (κ1) is 24.2. The third-order valence-corrected chi connectivity index (χ3v) is 10.4. The van der Waals surface area contributed by atoms with Crippen molar-refractivity contribution in [3.63, 3.8) is 0 Å². The van der Waals surface area contributed by atoms with Crippen molar-refractivity contribution in [2.75, 3.05) is 28.8 Å². The lowest BCUT2D eigenvalue weighted by Crippen LogP contribution is -2.70. The number of aromatic nitrogens is 2. The van der Waals surface area contributed by atoms with Crippen LogP contribution in [0.5, 0.6) is 0 Å². The zero-order chi connectivity index (χ0) is 28.3. The Labute approximate surface area is 241 Å². The van der Waals surface area contributed by atoms with Crippen LogP contribution in [0.25, 0.3) is 17.0 Å². The second-order valence-corrected chi connectivity index (χ2v) is 12.2. The summed E-state index contributed by atoms with van der Waals surface area (Å²) in [6.07, 6.45) is 6.47. The van der Waals surface area contributed by atoms with Gasteiger partial charge in [0.2, 0.25) is 0 Å². The minimum Gasteiger partial charge on any atom is -0.358 e. The molecule has 4 aliphatic heterocycles. The van der Waals surface area contributed by atoms with Gasteiger partial charge in [0.1, 0.15) is 18.0 Å². The molecule has 41 heavy (non-hydrogen) atoms. The van der Waals surface area contributed by atoms with E-state index in [4.69, 9.17) is 16.5 Å². The first-order valence-electron chi connectivity index (χ1n) is 14.3. The van der Waals surface area contributed by atoms with Crippen LogP contribution in [0.1, 0.15) is 30.5 Å². The summed E-state index contributed by atoms with van der Waals surface area (Å²) in [5, 5.41) is 0. The Balaban J connectivity index is 1.42. The molecule has 0 N–H and O–H groups in total. The zero-order valence-electron chi connectivity index (χ0n) is 24.2. The van der Waals surface area contributed by atoms with Gasteiger partial charge in [-0.1, -0.05) is 81.1 Å². The predicted molar refractivity (Wildman–Crippen MR) is 167 cm³/mol. The molecule has 0 saturated heterocycles. The van der Waals surface area contributed by atoms with Gasteiger partial charge < -0.3 is 19.6 Å². The van der Waals surface area contributed by atoms with Crippen molar-refractivity contribution in [1.82, 2.24) is 14.9 Å². The molecule has 5 heterocycles. The molecule has 4 unspecified atom stereocenters. The quantitative estimate of drug-likeness (QED) is 0.262. The van der Waals surface area contributed by atoms with Gasteiger partial charge in [-0.05, 0) is 35.8 Å². The van der Waals surface area contributed by atoms with E-state index in [0.29, 0.717) is 0 Å². The molecular weight excluding hydrogens is 504 g/mol. The normalized spacial score (nSPS) is 27.1. The molecular formula is C35H34N6. The Morgan fingerprint density at radius 2 is 1.46 bits per heavy atom. The highest BCUT2D eigenvalue weighted by Gasteiger charge is 2.68. The van der Waals surface area contributed by atoms with Gasteiger partial charge in [0, 0.05) is 48.7 Å². The minimum atomic E-state index is -0.400. The van der Waals surface area contributed by atoms with Crippen molar-refractivity contribution in [2.24, 2.45) is 5.41 Å². The van der Waals surface area contributed by atoms with Gasteiger partial charge in [-0.2, -0.15) is 0 Å². The van der Waals surface area contributed by atoms with Crippen LogP contribution in [0.15, 0.2) is 98.0 Å². The van der Waals surface area contributed by atoms with E-state index in [1.165, 1.54) is 28.1 Å². The molecule has 4 atom stereocenters. The first-order chi connectivity index (χ1) is 19.8. The highest BCUT2D eigenvalue weighted by atomic mass is 15.5. The molecule has 3 aromatic carbocycles. The fraction of sp³-hybridized carbons (Fsp3) is 0.257. The number of nitrogens with zero attached hydrogens (tertiary/aromatic N) is 6. The monoisotopic (exact) mass is 538 g/mol. The van der Waals surface area contributed by atoms with E-state index in [9.17, 15) is 0 Å². The van der Waals surface area contributed by atoms with Crippen LogP contribution in [0, 0.1) is 12.3 Å². The van der Waals surface area contributed by atoms with Crippen LogP contribution >= 0.6 is 0 Å². The largest absolute Gasteiger partial charge is 0.358 e. The number of benzene rings is 3. The van der Waals surface area contributed by atoms with Gasteiger partial charge in [-0.3, -0.25) is 0 Å². The predicted octanol–water partition coefficient (Wildman–Crippen LogP) is 6.92. The second-order valence-electron chi connectivity index (χ2n) is 12.2. The van der Waals surface area contributed by atoms with Gasteiger partial charge >= 0.3 is 0 Å². The van der Waals surface area contributed by atoms with Crippen molar-refractivity contribution in [3.8, 4) is 11.4 Å². The van der Waals surface area contributed by atoms with Crippen LogP contribution in [0.3, 0.4) is 0 Å². The average molecular weight is 539 g/mol. The van der Waals surface area contributed by atoms with Crippen LogP contribution in [0.2, 0.25) is 0 Å². The van der Waals surface area contributed by atoms with Crippen LogP contribution in [-0.2, 0) is 5.41 Å². The highest BCUT2D eigenvalue weighted by molar-refractivity contribution is 5.93. The summed E-state index contributed by atoms with van der Waals surface area (Å²) in [5.74, 6) is 1.71. The molecule has 6 heteroatoms. The Hall–Kier alpha value is -4.58. The fourth-order valence-corrected chi connectivity index (χ4v) is 8.32. The molecule has 0 saturated carbocycles. The zero-order valence-corrected chi connectivity index (χ0v) is 24.2. The third-order valence-electron chi connectivity index (χ3n) is 10.4. The van der Waals surface area contributed by atoms with Crippen LogP contribution in [-0.4, -0.2) is 41.3 Å². The summed E-state index contributed by atoms with van der Waals surface area (Å²) in [4.78, 5) is 19.9. The lowest BCUT2D eigenvalue weighted by atomic mass is 9.52. The van der Waals surface area contributed by atoms with Crippen molar-refractivity contribution < 1.29 is 0 Å². The molecule has 0 bridgehead atoms. The lowest BCUT2D eigenvalue weighted by molar-refractivity contribution is 0.0566. The molecule has 0 spiro atoms. The maximum absolute atomic E-state index is 5.25. The Morgan fingerprint density at radius 1 is 0.780 bits per heavy atom. The van der Waals surface area contributed by atoms with Crippen molar-refractivity contribution in [2.45, 2.75) is 38.5 Å². The van der Waals surface area contributed by atoms with Gasteiger partial charge in [0.05, 0.1) is 17.3 Å². The Bertz CT molecular complexity index is 1790. The molecule has 4 aliphatic rings. The highest BCUT2D eigenvalue weighted by Crippen LogP contribution is 2.68. The molecule has 0 fully saturated rings. The Morgan fingerprint density at radius 3 is 2.24 bits per heavy atom. The molecule has 8 rings (SSSR count). The number of hydrogen-bond acceptors (Lipinski definition) is 6. The maximum Gasteiger partial charge on any atom is 0.161 e. The van der Waals surface area contributed by atoms with Gasteiger partial charge in [0.15, 0.2) is 11.6 Å². The lowest BCUT2D eigenvalue weighted by Gasteiger charge is -2.62. The summed E-state index contributed by atoms with van der Waals surface area (Å²) in [6.45, 7) is 11.9. The van der Waals surface area contributed by atoms with Crippen LogP contribution in [0.4, 0.5) is 22.9 Å². The number of anilines is 4. The van der Waals surface area contributed by atoms with E-state index in [2.05, 4.69) is 140 Å². The van der Waals surface area contributed by atoms with E-state index >= 15 is 0 Å². The van der Waals surface area contributed by atoms with Crippen LogP contribution < -0.4 is 14.7 Å². The minimum absolute atomic E-state index is 0.0364. The molecule has 0 aliphatic carbocycles.